The van der Waals surface area contributed by atoms with Crippen LogP contribution in [0.15, 0.2) is 48.5 Å². The van der Waals surface area contributed by atoms with Crippen LogP contribution in [0.1, 0.15) is 0 Å². The molecule has 2 aromatic carbocycles. The van der Waals surface area contributed by atoms with Crippen LogP contribution in [0, 0.1) is 0 Å². The molecule has 2 aromatic rings. The summed E-state index contributed by atoms with van der Waals surface area (Å²) in [5.74, 6) is 1.49. The van der Waals surface area contributed by atoms with Gasteiger partial charge in [-0.1, -0.05) is 24.3 Å². The number of ether oxygens (including phenoxy) is 2. The SMILES string of the molecule is COc1ccccc1OP(=O)(CN)Oc1ccccc1OC.Cl.O. The summed E-state index contributed by atoms with van der Waals surface area (Å²) in [6.45, 7) is 0. The number of methoxy groups -OCH3 is 2. The molecule has 0 bridgehead atoms. The van der Waals surface area contributed by atoms with Crippen molar-refractivity contribution in [1.29, 1.82) is 0 Å². The van der Waals surface area contributed by atoms with Crippen molar-refractivity contribution in [2.75, 3.05) is 20.5 Å². The molecule has 0 aliphatic rings. The van der Waals surface area contributed by atoms with Gasteiger partial charge in [-0.05, 0) is 24.3 Å². The minimum absolute atomic E-state index is 0. The van der Waals surface area contributed by atoms with Crippen molar-refractivity contribution >= 4 is 20.0 Å². The van der Waals surface area contributed by atoms with E-state index in [9.17, 15) is 4.57 Å². The van der Waals surface area contributed by atoms with Crippen molar-refractivity contribution in [3.05, 3.63) is 48.5 Å². The quantitative estimate of drug-likeness (QED) is 0.742. The lowest BCUT2D eigenvalue weighted by Crippen LogP contribution is -2.12. The van der Waals surface area contributed by atoms with E-state index in [-0.39, 0.29) is 24.2 Å². The fraction of sp³-hybridized carbons (Fsp3) is 0.200. The Labute approximate surface area is 146 Å². The highest BCUT2D eigenvalue weighted by Crippen LogP contribution is 2.50. The largest absolute Gasteiger partial charge is 0.493 e. The van der Waals surface area contributed by atoms with Crippen LogP contribution >= 0.6 is 20.0 Å². The van der Waals surface area contributed by atoms with Crippen LogP contribution in [0.25, 0.3) is 0 Å². The average Bonchev–Trinajstić information content (AvgIpc) is 2.56. The van der Waals surface area contributed by atoms with E-state index < -0.39 is 7.60 Å². The maximum atomic E-state index is 12.8. The number of para-hydroxylation sites is 4. The van der Waals surface area contributed by atoms with Gasteiger partial charge >= 0.3 is 7.60 Å². The Morgan fingerprint density at radius 1 is 0.833 bits per heavy atom. The van der Waals surface area contributed by atoms with Crippen LogP contribution in [0.2, 0.25) is 0 Å². The normalized spacial score (nSPS) is 9.96. The fourth-order valence-electron chi connectivity index (χ4n) is 1.78. The van der Waals surface area contributed by atoms with Crippen molar-refractivity contribution in [3.63, 3.8) is 0 Å². The van der Waals surface area contributed by atoms with Gasteiger partial charge in [-0.15, -0.1) is 12.4 Å². The molecule has 7 nitrogen and oxygen atoms in total. The summed E-state index contributed by atoms with van der Waals surface area (Å²) < 4.78 is 34.1. The second-order valence-electron chi connectivity index (χ2n) is 4.28. The van der Waals surface area contributed by atoms with Gasteiger partial charge in [0, 0.05) is 0 Å². The van der Waals surface area contributed by atoms with E-state index in [2.05, 4.69) is 0 Å². The first-order valence-corrected chi connectivity index (χ1v) is 8.29. The van der Waals surface area contributed by atoms with Crippen molar-refractivity contribution in [3.8, 4) is 23.0 Å². The van der Waals surface area contributed by atoms with Crippen LogP contribution < -0.4 is 24.3 Å². The fourth-order valence-corrected chi connectivity index (χ4v) is 2.87. The molecule has 4 N–H and O–H groups in total. The third kappa shape index (κ3) is 5.32. The molecular weight excluding hydrogens is 357 g/mol. The number of rotatable bonds is 7. The highest BCUT2D eigenvalue weighted by Gasteiger charge is 2.28. The summed E-state index contributed by atoms with van der Waals surface area (Å²) in [4.78, 5) is 0. The first-order chi connectivity index (χ1) is 10.6. The molecule has 0 heterocycles. The molecule has 0 aliphatic heterocycles. The van der Waals surface area contributed by atoms with Gasteiger partial charge in [-0.2, -0.15) is 0 Å². The van der Waals surface area contributed by atoms with Crippen molar-refractivity contribution in [2.45, 2.75) is 0 Å². The number of hydrogen-bond donors (Lipinski definition) is 1. The van der Waals surface area contributed by atoms with Crippen LogP contribution in [0.3, 0.4) is 0 Å². The Morgan fingerprint density at radius 2 is 1.17 bits per heavy atom. The number of nitrogens with two attached hydrogens (primary N) is 1. The van der Waals surface area contributed by atoms with Crippen molar-refractivity contribution < 1.29 is 28.6 Å². The molecule has 0 fully saturated rings. The summed E-state index contributed by atoms with van der Waals surface area (Å²) in [7, 11) is -0.613. The van der Waals surface area contributed by atoms with E-state index >= 15 is 0 Å². The summed E-state index contributed by atoms with van der Waals surface area (Å²) in [6.07, 6.45) is -0.289. The monoisotopic (exact) mass is 377 g/mol. The predicted octanol–water partition coefficient (Wildman–Crippen LogP) is 2.87. The topological polar surface area (TPSA) is 112 Å². The molecule has 0 saturated carbocycles. The summed E-state index contributed by atoms with van der Waals surface area (Å²) in [5.41, 5.74) is 5.59. The third-order valence-electron chi connectivity index (χ3n) is 2.84. The van der Waals surface area contributed by atoms with Crippen LogP contribution in [-0.2, 0) is 4.57 Å². The lowest BCUT2D eigenvalue weighted by molar-refractivity contribution is 0.347. The van der Waals surface area contributed by atoms with E-state index in [1.54, 1.807) is 48.5 Å². The maximum absolute atomic E-state index is 12.8. The molecule has 134 valence electrons. The van der Waals surface area contributed by atoms with Gasteiger partial charge in [0.15, 0.2) is 23.0 Å². The molecular formula is C15H21ClNO6P. The van der Waals surface area contributed by atoms with Gasteiger partial charge in [-0.3, -0.25) is 0 Å². The Morgan fingerprint density at radius 3 is 1.46 bits per heavy atom. The summed E-state index contributed by atoms with van der Waals surface area (Å²) in [5, 5.41) is 0. The van der Waals surface area contributed by atoms with Crippen LogP contribution in [0.5, 0.6) is 23.0 Å². The second kappa shape index (κ2) is 10.1. The molecule has 0 radical (unpaired) electrons. The molecule has 0 amide bonds. The zero-order valence-corrected chi connectivity index (χ0v) is 15.0. The smallest absolute Gasteiger partial charge is 0.444 e. The minimum atomic E-state index is -3.61. The Kier molecular flexibility index (Phi) is 9.25. The molecule has 9 heteroatoms. The lowest BCUT2D eigenvalue weighted by Gasteiger charge is -2.20. The Hall–Kier alpha value is -1.92. The van der Waals surface area contributed by atoms with Gasteiger partial charge in [0.2, 0.25) is 0 Å². The van der Waals surface area contributed by atoms with E-state index in [0.29, 0.717) is 23.0 Å². The zero-order valence-electron chi connectivity index (χ0n) is 13.3. The van der Waals surface area contributed by atoms with Crippen molar-refractivity contribution in [1.82, 2.24) is 0 Å². The minimum Gasteiger partial charge on any atom is -0.493 e. The van der Waals surface area contributed by atoms with Gasteiger partial charge in [0.1, 0.15) is 6.29 Å². The van der Waals surface area contributed by atoms with Crippen molar-refractivity contribution in [2.24, 2.45) is 5.73 Å². The lowest BCUT2D eigenvalue weighted by atomic mass is 10.3. The first-order valence-electron chi connectivity index (χ1n) is 6.56. The molecule has 0 atom stereocenters. The van der Waals surface area contributed by atoms with E-state index in [0.717, 1.165) is 0 Å². The summed E-state index contributed by atoms with van der Waals surface area (Å²) >= 11 is 0. The standard InChI is InChI=1S/C15H18NO5P.ClH.H2O/c1-18-12-7-3-5-9-14(12)20-22(17,11-16)21-15-10-6-4-8-13(15)19-2;;/h3-10H,11,16H2,1-2H3;1H;1H2. The van der Waals surface area contributed by atoms with Gasteiger partial charge in [-0.25, -0.2) is 4.57 Å². The van der Waals surface area contributed by atoms with Gasteiger partial charge in [0.25, 0.3) is 0 Å². The molecule has 0 aliphatic carbocycles. The number of hydrogen-bond acceptors (Lipinski definition) is 6. The average molecular weight is 378 g/mol. The van der Waals surface area contributed by atoms with E-state index in [1.165, 1.54) is 14.2 Å². The molecule has 2 rings (SSSR count). The highest BCUT2D eigenvalue weighted by molar-refractivity contribution is 7.54. The summed E-state index contributed by atoms with van der Waals surface area (Å²) in [6, 6.07) is 13.7. The van der Waals surface area contributed by atoms with Crippen LogP contribution in [0.4, 0.5) is 0 Å². The molecule has 24 heavy (non-hydrogen) atoms. The third-order valence-corrected chi connectivity index (χ3v) is 4.23. The van der Waals surface area contributed by atoms with Gasteiger partial charge in [0.05, 0.1) is 14.2 Å². The number of halogens is 1. The Bertz CT molecular complexity index is 631. The molecule has 0 unspecified atom stereocenters. The molecule has 0 spiro atoms. The van der Waals surface area contributed by atoms with E-state index in [1.807, 2.05) is 0 Å². The second-order valence-corrected chi connectivity index (χ2v) is 6.23. The van der Waals surface area contributed by atoms with E-state index in [4.69, 9.17) is 24.3 Å². The van der Waals surface area contributed by atoms with Gasteiger partial charge < -0.3 is 29.7 Å². The van der Waals surface area contributed by atoms with Crippen LogP contribution in [-0.4, -0.2) is 26.0 Å². The molecule has 0 aromatic heterocycles. The predicted molar refractivity (Wildman–Crippen MR) is 94.8 cm³/mol. The Balaban J connectivity index is 0.00000264. The first kappa shape index (κ1) is 22.1. The number of benzene rings is 2. The maximum Gasteiger partial charge on any atom is 0.444 e. The highest BCUT2D eigenvalue weighted by atomic mass is 35.5. The molecule has 0 saturated heterocycles. The zero-order chi connectivity index (χ0) is 16.0.